The summed E-state index contributed by atoms with van der Waals surface area (Å²) in [6.07, 6.45) is 2.63. The average molecular weight is 535 g/mol. The van der Waals surface area contributed by atoms with Gasteiger partial charge in [-0.3, -0.25) is 9.69 Å². The smallest absolute Gasteiger partial charge is 0.311 e. The van der Waals surface area contributed by atoms with E-state index < -0.39 is 10.0 Å². The zero-order chi connectivity index (χ0) is 26.7. The van der Waals surface area contributed by atoms with Crippen LogP contribution in [0.3, 0.4) is 0 Å². The van der Waals surface area contributed by atoms with Gasteiger partial charge in [-0.25, -0.2) is 8.42 Å². The largest absolute Gasteiger partial charge is 0.497 e. The third kappa shape index (κ3) is 6.49. The maximum Gasteiger partial charge on any atom is 0.311 e. The Morgan fingerprint density at radius 1 is 1.11 bits per heavy atom. The Morgan fingerprint density at radius 3 is 2.32 bits per heavy atom. The first kappa shape index (κ1) is 27.5. The average Bonchev–Trinajstić information content (AvgIpc) is 3.58. The Balaban J connectivity index is 1.42. The summed E-state index contributed by atoms with van der Waals surface area (Å²) in [6.45, 7) is 8.28. The summed E-state index contributed by atoms with van der Waals surface area (Å²) in [5.74, 6) is 0.321. The molecule has 2 aromatic rings. The van der Waals surface area contributed by atoms with E-state index in [1.165, 1.54) is 4.31 Å². The van der Waals surface area contributed by atoms with Gasteiger partial charge in [0.15, 0.2) is 0 Å². The molecule has 1 amide bonds. The van der Waals surface area contributed by atoms with Gasteiger partial charge >= 0.3 is 11.8 Å². The Morgan fingerprint density at radius 2 is 1.76 bits per heavy atom. The molecule has 0 radical (unpaired) electrons. The maximum absolute atomic E-state index is 13.7. The number of amides is 1. The minimum absolute atomic E-state index is 0.0716. The number of carbonyl (C=O) groups is 1. The highest BCUT2D eigenvalue weighted by Gasteiger charge is 2.40. The Hall–Kier alpha value is -2.54. The molecule has 1 aromatic heterocycles. The van der Waals surface area contributed by atoms with Crippen LogP contribution in [-0.4, -0.2) is 110 Å². The maximum atomic E-state index is 13.7. The number of methoxy groups -OCH3 is 1. The number of carbonyl (C=O) groups excluding carboxylic acids is 1. The van der Waals surface area contributed by atoms with Gasteiger partial charge in [0.1, 0.15) is 5.75 Å². The van der Waals surface area contributed by atoms with Gasteiger partial charge in [0.05, 0.1) is 18.6 Å². The molecule has 1 aliphatic carbocycles. The lowest BCUT2D eigenvalue weighted by Crippen LogP contribution is -2.49. The molecule has 1 saturated carbocycles. The van der Waals surface area contributed by atoms with Crippen molar-refractivity contribution in [1.82, 2.24) is 29.2 Å². The van der Waals surface area contributed by atoms with Crippen LogP contribution < -0.4 is 4.74 Å². The molecule has 1 saturated heterocycles. The zero-order valence-corrected chi connectivity index (χ0v) is 23.3. The molecule has 0 atom stereocenters. The van der Waals surface area contributed by atoms with E-state index in [1.807, 2.05) is 0 Å². The number of sulfonamides is 1. The van der Waals surface area contributed by atoms with Crippen LogP contribution >= 0.6 is 0 Å². The van der Waals surface area contributed by atoms with Crippen LogP contribution in [-0.2, 0) is 16.6 Å². The molecule has 204 valence electrons. The molecule has 0 N–H and O–H groups in total. The SMILES string of the molecule is COc1cc(C)c(S(=O)(=O)N(Cc2nnc(C(=O)N3CCN(CCCN(C)C)CC3)o2)C2CC2)c(C)c1. The number of hydrogen-bond acceptors (Lipinski definition) is 9. The van der Waals surface area contributed by atoms with Crippen molar-refractivity contribution >= 4 is 15.9 Å². The Bertz CT molecular complexity index is 1180. The normalized spacial score (nSPS) is 17.1. The molecule has 2 heterocycles. The zero-order valence-electron chi connectivity index (χ0n) is 22.4. The highest BCUT2D eigenvalue weighted by atomic mass is 32.2. The van der Waals surface area contributed by atoms with Gasteiger partial charge in [-0.2, -0.15) is 4.31 Å². The fraction of sp³-hybridized carbons (Fsp3) is 0.640. The predicted octanol–water partition coefficient (Wildman–Crippen LogP) is 1.76. The minimum atomic E-state index is -3.83. The van der Waals surface area contributed by atoms with E-state index in [9.17, 15) is 13.2 Å². The van der Waals surface area contributed by atoms with Crippen LogP contribution in [0.25, 0.3) is 0 Å². The highest BCUT2D eigenvalue weighted by molar-refractivity contribution is 7.89. The fourth-order valence-corrected chi connectivity index (χ4v) is 6.83. The van der Waals surface area contributed by atoms with E-state index in [0.29, 0.717) is 30.0 Å². The lowest BCUT2D eigenvalue weighted by atomic mass is 10.1. The molecule has 4 rings (SSSR count). The second kappa shape index (κ2) is 11.5. The van der Waals surface area contributed by atoms with Crippen molar-refractivity contribution in [2.45, 2.75) is 50.6 Å². The first-order valence-electron chi connectivity index (χ1n) is 12.8. The lowest BCUT2D eigenvalue weighted by molar-refractivity contribution is 0.0592. The van der Waals surface area contributed by atoms with Crippen LogP contribution in [0.15, 0.2) is 21.4 Å². The molecule has 1 aliphatic heterocycles. The molecule has 12 heteroatoms. The summed E-state index contributed by atoms with van der Waals surface area (Å²) < 4.78 is 39.8. The third-order valence-electron chi connectivity index (χ3n) is 6.87. The van der Waals surface area contributed by atoms with Crippen molar-refractivity contribution in [2.75, 3.05) is 60.5 Å². The first-order chi connectivity index (χ1) is 17.6. The summed E-state index contributed by atoms with van der Waals surface area (Å²) in [7, 11) is 1.86. The summed E-state index contributed by atoms with van der Waals surface area (Å²) in [6, 6.07) is 3.31. The fourth-order valence-electron chi connectivity index (χ4n) is 4.78. The van der Waals surface area contributed by atoms with Crippen molar-refractivity contribution in [2.24, 2.45) is 0 Å². The molecule has 2 aliphatic rings. The number of piperazine rings is 1. The summed E-state index contributed by atoms with van der Waals surface area (Å²) in [5, 5.41) is 7.99. The van der Waals surface area contributed by atoms with Gasteiger partial charge in [-0.1, -0.05) is 0 Å². The van der Waals surface area contributed by atoms with Crippen LogP contribution in [0.2, 0.25) is 0 Å². The summed E-state index contributed by atoms with van der Waals surface area (Å²) in [4.78, 5) is 19.5. The van der Waals surface area contributed by atoms with Crippen LogP contribution in [0, 0.1) is 13.8 Å². The summed E-state index contributed by atoms with van der Waals surface area (Å²) in [5.41, 5.74) is 1.23. The number of aryl methyl sites for hydroxylation is 2. The topological polar surface area (TPSA) is 112 Å². The Labute approximate surface area is 219 Å². The molecule has 37 heavy (non-hydrogen) atoms. The van der Waals surface area contributed by atoms with Crippen molar-refractivity contribution in [1.29, 1.82) is 0 Å². The second-order valence-corrected chi connectivity index (χ2v) is 12.0. The van der Waals surface area contributed by atoms with E-state index in [-0.39, 0.29) is 35.2 Å². The van der Waals surface area contributed by atoms with Crippen LogP contribution in [0.4, 0.5) is 0 Å². The molecule has 0 spiro atoms. The number of rotatable bonds is 11. The number of benzene rings is 1. The molecule has 1 aromatic carbocycles. The number of aromatic nitrogens is 2. The van der Waals surface area contributed by atoms with Crippen molar-refractivity contribution in [3.8, 4) is 5.75 Å². The van der Waals surface area contributed by atoms with Crippen LogP contribution in [0.1, 0.15) is 47.0 Å². The standard InChI is InChI=1S/C25H38N6O5S/c1-18-15-21(35-5)16-19(2)23(18)37(33,34)31(20-7-8-20)17-22-26-27-24(36-22)25(32)30-13-11-29(12-14-30)10-6-9-28(3)4/h15-16,20H,6-14,17H2,1-5H3. The predicted molar refractivity (Wildman–Crippen MR) is 138 cm³/mol. The van der Waals surface area contributed by atoms with Crippen molar-refractivity contribution in [3.05, 3.63) is 35.0 Å². The molecule has 0 bridgehead atoms. The monoisotopic (exact) mass is 534 g/mol. The molecule has 0 unspecified atom stereocenters. The highest BCUT2D eigenvalue weighted by Crippen LogP contribution is 2.36. The van der Waals surface area contributed by atoms with Gasteiger partial charge < -0.3 is 19.0 Å². The van der Waals surface area contributed by atoms with Crippen LogP contribution in [0.5, 0.6) is 5.75 Å². The van der Waals surface area contributed by atoms with E-state index in [2.05, 4.69) is 34.1 Å². The number of nitrogens with zero attached hydrogens (tertiary/aromatic N) is 6. The van der Waals surface area contributed by atoms with Gasteiger partial charge in [-0.15, -0.1) is 10.2 Å². The quantitative estimate of drug-likeness (QED) is 0.426. The first-order valence-corrected chi connectivity index (χ1v) is 14.2. The van der Waals surface area contributed by atoms with Gasteiger partial charge in [0.2, 0.25) is 15.9 Å². The molecule has 11 nitrogen and oxygen atoms in total. The third-order valence-corrected chi connectivity index (χ3v) is 9.08. The lowest BCUT2D eigenvalue weighted by Gasteiger charge is -2.34. The molecule has 2 fully saturated rings. The number of hydrogen-bond donors (Lipinski definition) is 0. The Kier molecular flexibility index (Phi) is 8.52. The molecular formula is C25H38N6O5S. The summed E-state index contributed by atoms with van der Waals surface area (Å²) >= 11 is 0. The van der Waals surface area contributed by atoms with Crippen molar-refractivity contribution in [3.63, 3.8) is 0 Å². The second-order valence-electron chi connectivity index (χ2n) is 10.2. The van der Waals surface area contributed by atoms with Crippen molar-refractivity contribution < 1.29 is 22.4 Å². The molecular weight excluding hydrogens is 496 g/mol. The minimum Gasteiger partial charge on any atom is -0.497 e. The van der Waals surface area contributed by atoms with E-state index in [4.69, 9.17) is 9.15 Å². The van der Waals surface area contributed by atoms with E-state index in [0.717, 1.165) is 45.4 Å². The van der Waals surface area contributed by atoms with Gasteiger partial charge in [-0.05, 0) is 83.6 Å². The van der Waals surface area contributed by atoms with E-state index in [1.54, 1.807) is 38.0 Å². The van der Waals surface area contributed by atoms with E-state index >= 15 is 0 Å². The van der Waals surface area contributed by atoms with Gasteiger partial charge in [0, 0.05) is 32.2 Å². The number of ether oxygens (including phenoxy) is 1. The van der Waals surface area contributed by atoms with Gasteiger partial charge in [0.25, 0.3) is 0 Å².